The number of aliphatic hydroxyl groups is 1. The summed E-state index contributed by atoms with van der Waals surface area (Å²) in [5, 5.41) is 16.1. The highest BCUT2D eigenvalue weighted by molar-refractivity contribution is 5.87. The number of aromatic nitrogens is 1. The summed E-state index contributed by atoms with van der Waals surface area (Å²) >= 11 is 0. The first kappa shape index (κ1) is 20.7. The van der Waals surface area contributed by atoms with E-state index in [9.17, 15) is 9.90 Å². The van der Waals surface area contributed by atoms with Gasteiger partial charge in [-0.2, -0.15) is 0 Å². The topological polar surface area (TPSA) is 65.5 Å². The number of anilines is 1. The number of hydrogen-bond donors (Lipinski definition) is 2. The van der Waals surface area contributed by atoms with Gasteiger partial charge >= 0.3 is 0 Å². The molecule has 2 unspecified atom stereocenters. The minimum atomic E-state index is -1.44. The van der Waals surface area contributed by atoms with Crippen molar-refractivity contribution in [1.82, 2.24) is 10.3 Å². The van der Waals surface area contributed by atoms with Crippen LogP contribution < -0.4 is 10.2 Å². The van der Waals surface area contributed by atoms with E-state index in [1.807, 2.05) is 42.5 Å². The lowest BCUT2D eigenvalue weighted by Crippen LogP contribution is -2.51. The predicted molar refractivity (Wildman–Crippen MR) is 130 cm³/mol. The van der Waals surface area contributed by atoms with Crippen molar-refractivity contribution in [3.05, 3.63) is 71.9 Å². The molecule has 0 radical (unpaired) electrons. The maximum absolute atomic E-state index is 13.5. The van der Waals surface area contributed by atoms with Crippen LogP contribution in [0.5, 0.6) is 0 Å². The zero-order valence-corrected chi connectivity index (χ0v) is 19.1. The van der Waals surface area contributed by atoms with E-state index in [4.69, 9.17) is 4.98 Å². The third-order valence-corrected chi connectivity index (χ3v) is 8.23. The van der Waals surface area contributed by atoms with Gasteiger partial charge in [0.1, 0.15) is 0 Å². The molecule has 3 fully saturated rings. The van der Waals surface area contributed by atoms with Crippen molar-refractivity contribution in [2.75, 3.05) is 18.0 Å². The molecule has 1 saturated heterocycles. The number of carbonyl (C=O) groups is 1. The summed E-state index contributed by atoms with van der Waals surface area (Å²) in [5.41, 5.74) is 2.56. The van der Waals surface area contributed by atoms with Gasteiger partial charge in [0.25, 0.3) is 5.91 Å². The summed E-state index contributed by atoms with van der Waals surface area (Å²) in [4.78, 5) is 20.7. The molecule has 2 N–H and O–H groups in total. The van der Waals surface area contributed by atoms with Crippen molar-refractivity contribution in [1.29, 1.82) is 0 Å². The van der Waals surface area contributed by atoms with Gasteiger partial charge in [0.2, 0.25) is 0 Å². The van der Waals surface area contributed by atoms with Crippen molar-refractivity contribution >= 4 is 22.5 Å². The number of amides is 1. The van der Waals surface area contributed by atoms with Gasteiger partial charge in [0.15, 0.2) is 5.60 Å². The Morgan fingerprint density at radius 3 is 2.42 bits per heavy atom. The van der Waals surface area contributed by atoms with Gasteiger partial charge in [-0.3, -0.25) is 9.78 Å². The molecule has 1 aliphatic heterocycles. The van der Waals surface area contributed by atoms with E-state index in [0.29, 0.717) is 11.8 Å². The molecule has 6 rings (SSSR count). The second-order valence-electron chi connectivity index (χ2n) is 10.1. The number of aryl methyl sites for hydroxylation is 1. The number of fused-ring (bicyclic) bond motifs is 2. The van der Waals surface area contributed by atoms with E-state index < -0.39 is 5.60 Å². The Hall–Kier alpha value is -2.92. The molecule has 4 atom stereocenters. The largest absolute Gasteiger partial charge is 0.375 e. The number of carbonyl (C=O) groups excluding carboxylic acids is 1. The molecule has 0 spiro atoms. The van der Waals surface area contributed by atoms with Gasteiger partial charge in [-0.05, 0) is 37.5 Å². The summed E-state index contributed by atoms with van der Waals surface area (Å²) < 4.78 is 0. The molecule has 1 aromatic heterocycles. The number of nitrogens with one attached hydrogen (secondary N) is 1. The highest BCUT2D eigenvalue weighted by atomic mass is 16.3. The molecule has 33 heavy (non-hydrogen) atoms. The zero-order valence-electron chi connectivity index (χ0n) is 19.1. The van der Waals surface area contributed by atoms with E-state index in [0.717, 1.165) is 60.9 Å². The molecule has 1 amide bonds. The first-order chi connectivity index (χ1) is 16.1. The van der Waals surface area contributed by atoms with Crippen LogP contribution in [-0.2, 0) is 10.4 Å². The maximum atomic E-state index is 13.5. The van der Waals surface area contributed by atoms with E-state index in [-0.39, 0.29) is 17.9 Å². The van der Waals surface area contributed by atoms with Crippen LogP contribution >= 0.6 is 0 Å². The molecule has 5 heteroatoms. The highest BCUT2D eigenvalue weighted by Crippen LogP contribution is 2.48. The molecule has 2 saturated carbocycles. The Morgan fingerprint density at radius 2 is 1.70 bits per heavy atom. The molecule has 5 nitrogen and oxygen atoms in total. The number of para-hydroxylation sites is 1. The smallest absolute Gasteiger partial charge is 0.257 e. The SMILES string of the molecule is Cc1nc2ccccc2cc1N1CC2[C@@H](C1)[C@@H]2NC(=O)C(O)(c1ccccc1)C1CCCC1. The molecule has 3 aliphatic rings. The van der Waals surface area contributed by atoms with Gasteiger partial charge in [-0.25, -0.2) is 0 Å². The van der Waals surface area contributed by atoms with Crippen molar-refractivity contribution in [2.45, 2.75) is 44.2 Å². The van der Waals surface area contributed by atoms with Crippen LogP contribution in [0.25, 0.3) is 10.9 Å². The molecule has 2 heterocycles. The summed E-state index contributed by atoms with van der Waals surface area (Å²) in [6, 6.07) is 20.2. The summed E-state index contributed by atoms with van der Waals surface area (Å²) in [6.45, 7) is 3.92. The number of pyridine rings is 1. The predicted octanol–water partition coefficient (Wildman–Crippen LogP) is 4.17. The molecule has 2 aromatic carbocycles. The van der Waals surface area contributed by atoms with E-state index in [2.05, 4.69) is 35.3 Å². The molecular weight excluding hydrogens is 410 g/mol. The van der Waals surface area contributed by atoms with Gasteiger partial charge in [-0.1, -0.05) is 61.4 Å². The van der Waals surface area contributed by atoms with E-state index in [1.165, 1.54) is 5.69 Å². The summed E-state index contributed by atoms with van der Waals surface area (Å²) in [7, 11) is 0. The summed E-state index contributed by atoms with van der Waals surface area (Å²) in [6.07, 6.45) is 3.96. The Kier molecular flexibility index (Phi) is 4.91. The average molecular weight is 442 g/mol. The van der Waals surface area contributed by atoms with Crippen LogP contribution in [0.2, 0.25) is 0 Å². The minimum Gasteiger partial charge on any atom is -0.375 e. The fourth-order valence-electron chi connectivity index (χ4n) is 6.31. The number of piperidine rings is 1. The standard InChI is InChI=1S/C28H31N3O2/c1-18-25(15-19-9-5-8-14-24(19)29-18)31-16-22-23(17-31)26(22)30-27(32)28(33,21-12-6-7-13-21)20-10-3-2-4-11-20/h2-5,8-11,14-15,21-23,26,33H,6-7,12-13,16-17H2,1H3,(H,30,32)/t22-,23?,26+,28?/m1/s1. The van der Waals surface area contributed by atoms with Crippen LogP contribution in [0.15, 0.2) is 60.7 Å². The maximum Gasteiger partial charge on any atom is 0.257 e. The monoisotopic (exact) mass is 441 g/mol. The van der Waals surface area contributed by atoms with Crippen molar-refractivity contribution < 1.29 is 9.90 Å². The minimum absolute atomic E-state index is 0.0127. The lowest BCUT2D eigenvalue weighted by Gasteiger charge is -2.34. The van der Waals surface area contributed by atoms with Crippen LogP contribution in [0.4, 0.5) is 5.69 Å². The summed E-state index contributed by atoms with van der Waals surface area (Å²) in [5.74, 6) is 0.642. The lowest BCUT2D eigenvalue weighted by molar-refractivity contribution is -0.147. The van der Waals surface area contributed by atoms with Crippen molar-refractivity contribution in [3.63, 3.8) is 0 Å². The Balaban J connectivity index is 1.17. The second kappa shape index (κ2) is 7.84. The number of benzene rings is 2. The van der Waals surface area contributed by atoms with Crippen LogP contribution in [-0.4, -0.2) is 35.1 Å². The van der Waals surface area contributed by atoms with Crippen LogP contribution in [0.3, 0.4) is 0 Å². The zero-order chi connectivity index (χ0) is 22.6. The van der Waals surface area contributed by atoms with Gasteiger partial charge in [0.05, 0.1) is 16.9 Å². The molecular formula is C28H31N3O2. The lowest BCUT2D eigenvalue weighted by atomic mass is 9.79. The molecule has 2 aliphatic carbocycles. The average Bonchev–Trinajstić information content (AvgIpc) is 3.26. The second-order valence-corrected chi connectivity index (χ2v) is 10.1. The van der Waals surface area contributed by atoms with Crippen LogP contribution in [0.1, 0.15) is 36.9 Å². The Labute approximate surface area is 194 Å². The van der Waals surface area contributed by atoms with Gasteiger partial charge in [0, 0.05) is 42.3 Å². The normalized spacial score (nSPS) is 26.2. The first-order valence-corrected chi connectivity index (χ1v) is 12.3. The highest BCUT2D eigenvalue weighted by Gasteiger charge is 2.58. The number of rotatable bonds is 5. The number of hydrogen-bond acceptors (Lipinski definition) is 4. The van der Waals surface area contributed by atoms with Crippen LogP contribution in [0, 0.1) is 24.7 Å². The van der Waals surface area contributed by atoms with Gasteiger partial charge in [-0.15, -0.1) is 0 Å². The van der Waals surface area contributed by atoms with Crippen molar-refractivity contribution in [2.24, 2.45) is 17.8 Å². The third-order valence-electron chi connectivity index (χ3n) is 8.23. The quantitative estimate of drug-likeness (QED) is 0.624. The molecule has 3 aromatic rings. The number of nitrogens with zero attached hydrogens (tertiary/aromatic N) is 2. The van der Waals surface area contributed by atoms with E-state index >= 15 is 0 Å². The molecule has 170 valence electrons. The van der Waals surface area contributed by atoms with Gasteiger partial charge < -0.3 is 15.3 Å². The molecule has 0 bridgehead atoms. The fraction of sp³-hybridized carbons (Fsp3) is 0.429. The first-order valence-electron chi connectivity index (χ1n) is 12.3. The van der Waals surface area contributed by atoms with E-state index in [1.54, 1.807) is 0 Å². The van der Waals surface area contributed by atoms with Crippen molar-refractivity contribution in [3.8, 4) is 0 Å². The Bertz CT molecular complexity index is 1180. The fourth-order valence-corrected chi connectivity index (χ4v) is 6.31. The third kappa shape index (κ3) is 3.41. The Morgan fingerprint density at radius 1 is 1.03 bits per heavy atom.